The van der Waals surface area contributed by atoms with Crippen molar-refractivity contribution in [2.45, 2.75) is 6.42 Å². The molecule has 0 radical (unpaired) electrons. The molecule has 24 heavy (non-hydrogen) atoms. The van der Waals surface area contributed by atoms with E-state index in [-0.39, 0.29) is 10.6 Å². The molecule has 0 fully saturated rings. The number of ether oxygens (including phenoxy) is 1. The predicted octanol–water partition coefficient (Wildman–Crippen LogP) is 3.85. The zero-order valence-corrected chi connectivity index (χ0v) is 13.9. The van der Waals surface area contributed by atoms with Crippen molar-refractivity contribution >= 4 is 40.8 Å². The summed E-state index contributed by atoms with van der Waals surface area (Å²) in [5.41, 5.74) is 1.52. The Morgan fingerprint density at radius 2 is 1.83 bits per heavy atom. The molecule has 0 bridgehead atoms. The van der Waals surface area contributed by atoms with E-state index in [1.165, 1.54) is 18.2 Å². The molecule has 0 heterocycles. The lowest BCUT2D eigenvalue weighted by molar-refractivity contribution is -0.119. The van der Waals surface area contributed by atoms with Crippen LogP contribution in [0.4, 0.5) is 5.69 Å². The van der Waals surface area contributed by atoms with E-state index in [9.17, 15) is 9.59 Å². The van der Waals surface area contributed by atoms with Crippen LogP contribution in [0, 0.1) is 11.3 Å². The van der Waals surface area contributed by atoms with Crippen molar-refractivity contribution in [1.29, 1.82) is 5.26 Å². The molecular weight excluding hydrogens is 351 g/mol. The zero-order chi connectivity index (χ0) is 17.5. The van der Waals surface area contributed by atoms with Crippen molar-refractivity contribution in [3.8, 4) is 6.07 Å². The van der Waals surface area contributed by atoms with Gasteiger partial charge in [-0.15, -0.1) is 0 Å². The summed E-state index contributed by atoms with van der Waals surface area (Å²) in [6.07, 6.45) is 0.299. The summed E-state index contributed by atoms with van der Waals surface area (Å²) in [6.45, 7) is -0.447. The van der Waals surface area contributed by atoms with E-state index in [1.54, 1.807) is 24.3 Å². The summed E-state index contributed by atoms with van der Waals surface area (Å²) in [7, 11) is 0. The molecule has 0 atom stereocenters. The lowest BCUT2D eigenvalue weighted by Gasteiger charge is -2.08. The number of nitriles is 1. The largest absolute Gasteiger partial charge is 0.452 e. The Balaban J connectivity index is 1.88. The number of nitrogens with one attached hydrogen (secondary N) is 1. The van der Waals surface area contributed by atoms with Gasteiger partial charge in [-0.2, -0.15) is 5.26 Å². The average Bonchev–Trinajstić information content (AvgIpc) is 2.55. The topological polar surface area (TPSA) is 79.2 Å². The highest BCUT2D eigenvalue weighted by atomic mass is 35.5. The van der Waals surface area contributed by atoms with Gasteiger partial charge in [0.15, 0.2) is 6.61 Å². The summed E-state index contributed by atoms with van der Waals surface area (Å²) in [4.78, 5) is 23.7. The Hall–Kier alpha value is -2.55. The lowest BCUT2D eigenvalue weighted by atomic mass is 10.1. The van der Waals surface area contributed by atoms with Gasteiger partial charge >= 0.3 is 5.97 Å². The van der Waals surface area contributed by atoms with E-state index in [0.29, 0.717) is 17.1 Å². The van der Waals surface area contributed by atoms with Gasteiger partial charge in [-0.3, -0.25) is 4.79 Å². The van der Waals surface area contributed by atoms with Crippen LogP contribution >= 0.6 is 23.2 Å². The number of esters is 1. The van der Waals surface area contributed by atoms with Gasteiger partial charge in [0.1, 0.15) is 0 Å². The molecule has 0 saturated heterocycles. The summed E-state index contributed by atoms with van der Waals surface area (Å²) in [6, 6.07) is 13.2. The second-order valence-corrected chi connectivity index (χ2v) is 5.62. The fraction of sp³-hybridized carbons (Fsp3) is 0.118. The quantitative estimate of drug-likeness (QED) is 0.819. The number of halogens is 2. The fourth-order valence-corrected chi connectivity index (χ4v) is 2.34. The third-order valence-corrected chi connectivity index (χ3v) is 3.55. The monoisotopic (exact) mass is 362 g/mol. The van der Waals surface area contributed by atoms with Gasteiger partial charge in [0, 0.05) is 10.7 Å². The summed E-state index contributed by atoms with van der Waals surface area (Å²) in [5, 5.41) is 11.7. The molecule has 5 nitrogen and oxygen atoms in total. The minimum absolute atomic E-state index is 0.134. The maximum absolute atomic E-state index is 11.9. The van der Waals surface area contributed by atoms with Crippen LogP contribution in [0.2, 0.25) is 10.0 Å². The number of carbonyl (C=O) groups is 2. The van der Waals surface area contributed by atoms with Crippen LogP contribution in [-0.4, -0.2) is 18.5 Å². The highest BCUT2D eigenvalue weighted by molar-refractivity contribution is 6.36. The van der Waals surface area contributed by atoms with E-state index in [0.717, 1.165) is 5.56 Å². The Morgan fingerprint density at radius 1 is 1.12 bits per heavy atom. The van der Waals surface area contributed by atoms with E-state index in [1.807, 2.05) is 6.07 Å². The van der Waals surface area contributed by atoms with Crippen LogP contribution in [-0.2, 0) is 16.0 Å². The van der Waals surface area contributed by atoms with Gasteiger partial charge in [-0.05, 0) is 35.9 Å². The molecule has 2 aromatic rings. The first-order valence-corrected chi connectivity index (χ1v) is 7.63. The minimum atomic E-state index is -0.712. The number of carbonyl (C=O) groups excluding carboxylic acids is 2. The molecule has 0 aromatic heterocycles. The van der Waals surface area contributed by atoms with Gasteiger partial charge in [-0.1, -0.05) is 35.3 Å². The molecular formula is C17H12Cl2N2O3. The highest BCUT2D eigenvalue weighted by Crippen LogP contribution is 2.21. The number of hydrogen-bond donors (Lipinski definition) is 1. The first kappa shape index (κ1) is 17.8. The summed E-state index contributed by atoms with van der Waals surface area (Å²) >= 11 is 11.7. The average molecular weight is 363 g/mol. The number of amides is 1. The van der Waals surface area contributed by atoms with Crippen molar-refractivity contribution in [2.75, 3.05) is 11.9 Å². The highest BCUT2D eigenvalue weighted by Gasteiger charge is 2.14. The molecule has 2 rings (SSSR count). The molecule has 0 aliphatic rings. The van der Waals surface area contributed by atoms with Crippen molar-refractivity contribution in [3.05, 3.63) is 63.6 Å². The van der Waals surface area contributed by atoms with Crippen LogP contribution < -0.4 is 5.32 Å². The number of hydrogen-bond acceptors (Lipinski definition) is 4. The normalized spacial score (nSPS) is 9.88. The second-order valence-electron chi connectivity index (χ2n) is 4.78. The number of anilines is 1. The van der Waals surface area contributed by atoms with Crippen molar-refractivity contribution < 1.29 is 14.3 Å². The van der Waals surface area contributed by atoms with Gasteiger partial charge in [0.05, 0.1) is 23.1 Å². The van der Waals surface area contributed by atoms with Crippen LogP contribution in [0.3, 0.4) is 0 Å². The Bertz CT molecular complexity index is 798. The van der Waals surface area contributed by atoms with Crippen molar-refractivity contribution in [2.24, 2.45) is 0 Å². The first-order chi connectivity index (χ1) is 11.5. The molecule has 0 unspecified atom stereocenters. The minimum Gasteiger partial charge on any atom is -0.452 e. The van der Waals surface area contributed by atoms with Crippen LogP contribution in [0.25, 0.3) is 0 Å². The van der Waals surface area contributed by atoms with E-state index >= 15 is 0 Å². The fourth-order valence-electron chi connectivity index (χ4n) is 1.86. The van der Waals surface area contributed by atoms with E-state index < -0.39 is 18.5 Å². The first-order valence-electron chi connectivity index (χ1n) is 6.87. The number of nitrogens with zero attached hydrogens (tertiary/aromatic N) is 1. The van der Waals surface area contributed by atoms with Gasteiger partial charge in [0.25, 0.3) is 5.91 Å². The van der Waals surface area contributed by atoms with Crippen LogP contribution in [0.15, 0.2) is 42.5 Å². The molecule has 122 valence electrons. The Labute approximate surface area is 148 Å². The van der Waals surface area contributed by atoms with Crippen molar-refractivity contribution in [1.82, 2.24) is 0 Å². The van der Waals surface area contributed by atoms with Gasteiger partial charge < -0.3 is 10.1 Å². The van der Waals surface area contributed by atoms with E-state index in [2.05, 4.69) is 5.32 Å². The molecule has 1 amide bonds. The molecule has 7 heteroatoms. The molecule has 0 aliphatic heterocycles. The Kier molecular flexibility index (Phi) is 6.19. The molecule has 1 N–H and O–H groups in total. The third kappa shape index (κ3) is 4.98. The zero-order valence-electron chi connectivity index (χ0n) is 12.4. The van der Waals surface area contributed by atoms with Crippen LogP contribution in [0.5, 0.6) is 0 Å². The van der Waals surface area contributed by atoms with E-state index in [4.69, 9.17) is 33.2 Å². The van der Waals surface area contributed by atoms with Gasteiger partial charge in [-0.25, -0.2) is 4.79 Å². The number of rotatable bonds is 5. The van der Waals surface area contributed by atoms with Gasteiger partial charge in [0.2, 0.25) is 0 Å². The maximum Gasteiger partial charge on any atom is 0.340 e. The number of benzene rings is 2. The third-order valence-electron chi connectivity index (χ3n) is 3.01. The summed E-state index contributed by atoms with van der Waals surface area (Å²) < 4.78 is 4.92. The second kappa shape index (κ2) is 8.34. The predicted molar refractivity (Wildman–Crippen MR) is 91.1 cm³/mol. The maximum atomic E-state index is 11.9. The van der Waals surface area contributed by atoms with Crippen molar-refractivity contribution in [3.63, 3.8) is 0 Å². The lowest BCUT2D eigenvalue weighted by Crippen LogP contribution is -2.21. The Morgan fingerprint density at radius 3 is 2.46 bits per heavy atom. The molecule has 0 aliphatic carbocycles. The SMILES string of the molecule is N#CCc1ccc(NC(=O)COC(=O)c2ccc(Cl)cc2Cl)cc1. The summed E-state index contributed by atoms with van der Waals surface area (Å²) in [5.74, 6) is -1.20. The molecule has 0 spiro atoms. The molecule has 0 saturated carbocycles. The molecule has 2 aromatic carbocycles. The smallest absolute Gasteiger partial charge is 0.340 e. The van der Waals surface area contributed by atoms with Crippen LogP contribution in [0.1, 0.15) is 15.9 Å². The standard InChI is InChI=1S/C17H12Cl2N2O3/c18-12-3-6-14(15(19)9-12)17(23)24-10-16(22)21-13-4-1-11(2-5-13)7-8-20/h1-6,9H,7,10H2,(H,21,22).